The molecular formula is C8H10FNO2. The number of hydrogen-bond donors (Lipinski definition) is 1. The number of rotatable bonds is 2. The van der Waals surface area contributed by atoms with Gasteiger partial charge in [0, 0.05) is 12.3 Å². The van der Waals surface area contributed by atoms with E-state index in [1.54, 1.807) is 0 Å². The van der Waals surface area contributed by atoms with Crippen molar-refractivity contribution in [3.8, 4) is 0 Å². The summed E-state index contributed by atoms with van der Waals surface area (Å²) in [5.41, 5.74) is -0.308. The second kappa shape index (κ2) is 3.49. The second-order valence-corrected chi connectivity index (χ2v) is 2.69. The topological polar surface area (TPSA) is 42.2 Å². The Morgan fingerprint density at radius 1 is 1.67 bits per heavy atom. The highest BCUT2D eigenvalue weighted by Gasteiger charge is 2.00. The van der Waals surface area contributed by atoms with Crippen LogP contribution in [0.1, 0.15) is 6.92 Å². The summed E-state index contributed by atoms with van der Waals surface area (Å²) in [6, 6.07) is 2.23. The summed E-state index contributed by atoms with van der Waals surface area (Å²) in [4.78, 5) is 11.0. The van der Waals surface area contributed by atoms with Gasteiger partial charge in [0.2, 0.25) is 0 Å². The summed E-state index contributed by atoms with van der Waals surface area (Å²) in [7, 11) is 0. The minimum atomic E-state index is -0.649. The van der Waals surface area contributed by atoms with Crippen LogP contribution in [0.5, 0.6) is 0 Å². The second-order valence-electron chi connectivity index (χ2n) is 2.69. The van der Waals surface area contributed by atoms with Gasteiger partial charge in [-0.15, -0.1) is 0 Å². The molecule has 0 saturated carbocycles. The first-order valence-corrected chi connectivity index (χ1v) is 3.63. The Hall–Kier alpha value is -1.16. The molecule has 1 heterocycles. The smallest absolute Gasteiger partial charge is 0.250 e. The normalized spacial score (nSPS) is 12.9. The van der Waals surface area contributed by atoms with Crippen LogP contribution in [0.3, 0.4) is 0 Å². The summed E-state index contributed by atoms with van der Waals surface area (Å²) in [5.74, 6) is -0.477. The molecule has 0 fully saturated rings. The molecule has 0 aromatic carbocycles. The molecule has 1 N–H and O–H groups in total. The van der Waals surface area contributed by atoms with E-state index < -0.39 is 11.9 Å². The SMILES string of the molecule is CC(O)Cn1cc(F)ccc1=O. The van der Waals surface area contributed by atoms with E-state index in [9.17, 15) is 9.18 Å². The van der Waals surface area contributed by atoms with Crippen molar-refractivity contribution < 1.29 is 9.50 Å². The van der Waals surface area contributed by atoms with Gasteiger partial charge in [0.25, 0.3) is 5.56 Å². The minimum Gasteiger partial charge on any atom is -0.392 e. The van der Waals surface area contributed by atoms with Crippen LogP contribution in [0, 0.1) is 5.82 Å². The van der Waals surface area contributed by atoms with E-state index in [-0.39, 0.29) is 12.1 Å². The predicted molar refractivity (Wildman–Crippen MR) is 42.3 cm³/mol. The Morgan fingerprint density at radius 2 is 2.33 bits per heavy atom. The van der Waals surface area contributed by atoms with E-state index in [2.05, 4.69) is 0 Å². The van der Waals surface area contributed by atoms with Crippen LogP contribution >= 0.6 is 0 Å². The van der Waals surface area contributed by atoms with Crippen LogP contribution in [0.25, 0.3) is 0 Å². The van der Waals surface area contributed by atoms with Gasteiger partial charge in [-0.05, 0) is 13.0 Å². The highest BCUT2D eigenvalue weighted by Crippen LogP contribution is 1.93. The Labute approximate surface area is 69.1 Å². The van der Waals surface area contributed by atoms with E-state index in [1.807, 2.05) is 0 Å². The summed E-state index contributed by atoms with van der Waals surface area (Å²) >= 11 is 0. The lowest BCUT2D eigenvalue weighted by Crippen LogP contribution is -2.24. The fraction of sp³-hybridized carbons (Fsp3) is 0.375. The average Bonchev–Trinajstić information content (AvgIpc) is 1.96. The fourth-order valence-electron chi connectivity index (χ4n) is 0.930. The van der Waals surface area contributed by atoms with E-state index in [4.69, 9.17) is 5.11 Å². The first kappa shape index (κ1) is 8.93. The van der Waals surface area contributed by atoms with Crippen molar-refractivity contribution in [2.45, 2.75) is 19.6 Å². The number of aromatic nitrogens is 1. The van der Waals surface area contributed by atoms with Gasteiger partial charge in [0.1, 0.15) is 5.82 Å². The maximum Gasteiger partial charge on any atom is 0.250 e. The molecular weight excluding hydrogens is 161 g/mol. The lowest BCUT2D eigenvalue weighted by Gasteiger charge is -2.06. The zero-order chi connectivity index (χ0) is 9.14. The number of hydrogen-bond acceptors (Lipinski definition) is 2. The maximum absolute atomic E-state index is 12.6. The van der Waals surface area contributed by atoms with Crippen molar-refractivity contribution in [3.63, 3.8) is 0 Å². The van der Waals surface area contributed by atoms with Gasteiger partial charge in [-0.25, -0.2) is 4.39 Å². The molecule has 66 valence electrons. The highest BCUT2D eigenvalue weighted by molar-refractivity contribution is 4.96. The van der Waals surface area contributed by atoms with Crippen LogP contribution in [0.15, 0.2) is 23.1 Å². The van der Waals surface area contributed by atoms with Gasteiger partial charge in [-0.3, -0.25) is 4.79 Å². The van der Waals surface area contributed by atoms with Gasteiger partial charge >= 0.3 is 0 Å². The lowest BCUT2D eigenvalue weighted by atomic mass is 10.4. The minimum absolute atomic E-state index is 0.122. The Morgan fingerprint density at radius 3 is 2.92 bits per heavy atom. The van der Waals surface area contributed by atoms with Crippen molar-refractivity contribution in [2.75, 3.05) is 0 Å². The molecule has 0 aliphatic carbocycles. The molecule has 0 amide bonds. The average molecular weight is 171 g/mol. The Kier molecular flexibility index (Phi) is 2.60. The van der Waals surface area contributed by atoms with Crippen LogP contribution in [-0.2, 0) is 6.54 Å². The van der Waals surface area contributed by atoms with Gasteiger partial charge in [-0.1, -0.05) is 0 Å². The standard InChI is InChI=1S/C8H10FNO2/c1-6(11)4-10-5-7(9)2-3-8(10)12/h2-3,5-6,11H,4H2,1H3. The van der Waals surface area contributed by atoms with E-state index in [0.717, 1.165) is 22.9 Å². The largest absolute Gasteiger partial charge is 0.392 e. The third kappa shape index (κ3) is 2.17. The molecule has 1 aromatic heterocycles. The Balaban J connectivity index is 2.98. The number of aliphatic hydroxyl groups excluding tert-OH is 1. The highest BCUT2D eigenvalue weighted by atomic mass is 19.1. The molecule has 4 heteroatoms. The number of aliphatic hydroxyl groups is 1. The van der Waals surface area contributed by atoms with E-state index >= 15 is 0 Å². The quantitative estimate of drug-likeness (QED) is 0.698. The molecule has 0 spiro atoms. The molecule has 0 aliphatic rings. The third-order valence-electron chi connectivity index (χ3n) is 1.41. The Bertz CT molecular complexity index is 319. The van der Waals surface area contributed by atoms with Crippen molar-refractivity contribution in [1.29, 1.82) is 0 Å². The predicted octanol–water partition coefficient (Wildman–Crippen LogP) is 0.368. The summed E-state index contributed by atoms with van der Waals surface area (Å²) < 4.78 is 13.7. The number of nitrogens with zero attached hydrogens (tertiary/aromatic N) is 1. The van der Waals surface area contributed by atoms with Gasteiger partial charge in [0.05, 0.1) is 12.6 Å². The first-order chi connectivity index (χ1) is 5.59. The van der Waals surface area contributed by atoms with E-state index in [0.29, 0.717) is 0 Å². The molecule has 0 aliphatic heterocycles. The van der Waals surface area contributed by atoms with Crippen molar-refractivity contribution in [3.05, 3.63) is 34.5 Å². The molecule has 1 unspecified atom stereocenters. The van der Waals surface area contributed by atoms with Crippen LogP contribution in [0.4, 0.5) is 4.39 Å². The van der Waals surface area contributed by atoms with Crippen LogP contribution < -0.4 is 5.56 Å². The number of pyridine rings is 1. The zero-order valence-electron chi connectivity index (χ0n) is 6.70. The fourth-order valence-corrected chi connectivity index (χ4v) is 0.930. The molecule has 0 radical (unpaired) electrons. The summed E-state index contributed by atoms with van der Waals surface area (Å²) in [5, 5.41) is 8.94. The van der Waals surface area contributed by atoms with Crippen molar-refractivity contribution in [2.24, 2.45) is 0 Å². The van der Waals surface area contributed by atoms with Gasteiger partial charge in [0.15, 0.2) is 0 Å². The van der Waals surface area contributed by atoms with E-state index in [1.165, 1.54) is 6.92 Å². The third-order valence-corrected chi connectivity index (χ3v) is 1.41. The lowest BCUT2D eigenvalue weighted by molar-refractivity contribution is 0.171. The monoisotopic (exact) mass is 171 g/mol. The van der Waals surface area contributed by atoms with Crippen molar-refractivity contribution >= 4 is 0 Å². The molecule has 0 saturated heterocycles. The molecule has 1 aromatic rings. The van der Waals surface area contributed by atoms with Crippen LogP contribution in [0.2, 0.25) is 0 Å². The molecule has 3 nitrogen and oxygen atoms in total. The number of halogens is 1. The molecule has 1 atom stereocenters. The molecule has 0 bridgehead atoms. The summed E-state index contributed by atoms with van der Waals surface area (Å²) in [6.45, 7) is 1.66. The zero-order valence-corrected chi connectivity index (χ0v) is 6.70. The van der Waals surface area contributed by atoms with Crippen LogP contribution in [-0.4, -0.2) is 15.8 Å². The first-order valence-electron chi connectivity index (χ1n) is 3.63. The van der Waals surface area contributed by atoms with Gasteiger partial charge < -0.3 is 9.67 Å². The van der Waals surface area contributed by atoms with Gasteiger partial charge in [-0.2, -0.15) is 0 Å². The van der Waals surface area contributed by atoms with Crippen molar-refractivity contribution in [1.82, 2.24) is 4.57 Å². The molecule has 1 rings (SSSR count). The maximum atomic E-state index is 12.6. The summed E-state index contributed by atoms with van der Waals surface area (Å²) in [6.07, 6.45) is 0.430. The molecule has 12 heavy (non-hydrogen) atoms.